The van der Waals surface area contributed by atoms with E-state index < -0.39 is 36.0 Å². The van der Waals surface area contributed by atoms with Crippen molar-refractivity contribution in [3.05, 3.63) is 143 Å². The van der Waals surface area contributed by atoms with Crippen molar-refractivity contribution in [2.45, 2.75) is 6.18 Å². The second-order valence-electron chi connectivity index (χ2n) is 9.22. The molecule has 0 amide bonds. The van der Waals surface area contributed by atoms with Crippen molar-refractivity contribution in [3.63, 3.8) is 0 Å². The summed E-state index contributed by atoms with van der Waals surface area (Å²) in [7, 11) is -2.78. The fourth-order valence-corrected chi connectivity index (χ4v) is 7.33. The Hall–Kier alpha value is -3.40. The number of carbonyl (C=O) groups excluding carboxylic acids is 1. The van der Waals surface area contributed by atoms with E-state index in [9.17, 15) is 32.4 Å². The molecule has 0 bridgehead atoms. The number of aromatic hydroxyl groups is 1. The number of halogens is 3. The molecule has 0 aliphatic heterocycles. The molecule has 0 atom stereocenters. The Morgan fingerprint density at radius 3 is 1.57 bits per heavy atom. The second kappa shape index (κ2) is 14.6. The smallest absolute Gasteiger partial charge is 0.455 e. The van der Waals surface area contributed by atoms with Crippen molar-refractivity contribution < 1.29 is 86.9 Å². The van der Waals surface area contributed by atoms with Crippen LogP contribution in [0.4, 0.5) is 13.2 Å². The first-order chi connectivity index (χ1) is 20.1. The van der Waals surface area contributed by atoms with Gasteiger partial charge < -0.3 is 19.6 Å². The predicted molar refractivity (Wildman–Crippen MR) is 161 cm³/mol. The van der Waals surface area contributed by atoms with Gasteiger partial charge in [-0.25, -0.2) is 4.79 Å². The van der Waals surface area contributed by atoms with E-state index in [-0.39, 0.29) is 65.8 Å². The molecule has 225 valence electrons. The Morgan fingerprint density at radius 1 is 0.682 bits per heavy atom. The van der Waals surface area contributed by atoms with Crippen LogP contribution in [-0.4, -0.2) is 22.5 Å². The minimum Gasteiger partial charge on any atom is -0.506 e. The number of hydrogen-bond acceptors (Lipinski definition) is 5. The first-order valence-corrected chi connectivity index (χ1v) is 14.4. The minimum absolute atomic E-state index is 0. The van der Waals surface area contributed by atoms with Gasteiger partial charge in [0.05, 0.1) is 5.39 Å². The van der Waals surface area contributed by atoms with Gasteiger partial charge >= 0.3 is 11.8 Å². The zero-order valence-electron chi connectivity index (χ0n) is 22.7. The standard InChI is InChI=1S/C18H15OP.C15H7F3O4.Eu.H2O/c19-20(16-10-4-1-5-11-16,17-12-6-2-7-13-17)18-14-8-3-9-15-18;16-15(17,18)13(20)11-12(19)10-8-4-2-1-3-7(8)5-6-9(10)22-14(11)21;;/h1-15H;1-6,19H;;1H2. The van der Waals surface area contributed by atoms with Crippen molar-refractivity contribution in [1.29, 1.82) is 0 Å². The SMILES string of the molecule is O.O=C(c1c(O)c2c(ccc3ccccc32)oc1=O)C(F)(F)F.O=P(c1ccccc1)(c1ccccc1)c1ccccc1.[Eu]. The molecule has 6 nitrogen and oxygen atoms in total. The predicted octanol–water partition coefficient (Wildman–Crippen LogP) is 5.90. The monoisotopic (exact) mass is 757 g/mol. The maximum atomic E-state index is 13.8. The van der Waals surface area contributed by atoms with E-state index in [2.05, 4.69) is 0 Å². The van der Waals surface area contributed by atoms with Gasteiger partial charge in [-0.3, -0.25) is 4.79 Å². The molecular formula is C33H24EuF3O6P. The van der Waals surface area contributed by atoms with E-state index in [4.69, 9.17) is 4.42 Å². The van der Waals surface area contributed by atoms with E-state index >= 15 is 0 Å². The van der Waals surface area contributed by atoms with Gasteiger partial charge in [0, 0.05) is 65.3 Å². The van der Waals surface area contributed by atoms with E-state index in [0.29, 0.717) is 10.8 Å². The Balaban J connectivity index is 0.000000231. The molecule has 0 saturated heterocycles. The molecule has 0 unspecified atom stereocenters. The molecule has 0 aliphatic rings. The first kappa shape index (κ1) is 35.1. The number of alkyl halides is 3. The molecule has 1 aromatic heterocycles. The Kier molecular flexibility index (Phi) is 11.6. The van der Waals surface area contributed by atoms with Gasteiger partial charge in [0.15, 0.2) is 12.7 Å². The quantitative estimate of drug-likeness (QED) is 0.104. The first-order valence-electron chi connectivity index (χ1n) is 12.7. The van der Waals surface area contributed by atoms with Gasteiger partial charge in [0.2, 0.25) is 0 Å². The van der Waals surface area contributed by atoms with Crippen molar-refractivity contribution in [2.24, 2.45) is 0 Å². The third kappa shape index (κ3) is 6.95. The molecule has 6 rings (SSSR count). The van der Waals surface area contributed by atoms with Crippen molar-refractivity contribution in [3.8, 4) is 5.75 Å². The summed E-state index contributed by atoms with van der Waals surface area (Å²) in [5.74, 6) is -3.46. The van der Waals surface area contributed by atoms with Crippen molar-refractivity contribution >= 4 is 50.6 Å². The topological polar surface area (TPSA) is 116 Å². The summed E-state index contributed by atoms with van der Waals surface area (Å²) in [6.07, 6.45) is -5.29. The summed E-state index contributed by atoms with van der Waals surface area (Å²) in [6, 6.07) is 38.6. The summed E-state index contributed by atoms with van der Waals surface area (Å²) >= 11 is 0. The number of ketones is 1. The van der Waals surface area contributed by atoms with Gasteiger partial charge in [-0.05, 0) is 16.8 Å². The van der Waals surface area contributed by atoms with Crippen LogP contribution in [0.15, 0.2) is 137 Å². The van der Waals surface area contributed by atoms with Gasteiger partial charge in [0.25, 0.3) is 5.78 Å². The Bertz CT molecular complexity index is 1890. The molecule has 0 spiro atoms. The van der Waals surface area contributed by atoms with E-state index in [0.717, 1.165) is 15.9 Å². The molecule has 0 aliphatic carbocycles. The molecule has 0 saturated carbocycles. The van der Waals surface area contributed by atoms with Gasteiger partial charge in [0.1, 0.15) is 11.3 Å². The summed E-state index contributed by atoms with van der Waals surface area (Å²) in [6.45, 7) is 0. The van der Waals surface area contributed by atoms with Crippen LogP contribution in [0.25, 0.3) is 21.7 Å². The zero-order valence-corrected chi connectivity index (χ0v) is 26.0. The van der Waals surface area contributed by atoms with E-state index in [1.807, 2.05) is 91.0 Å². The van der Waals surface area contributed by atoms with Crippen LogP contribution in [0, 0.1) is 49.4 Å². The summed E-state index contributed by atoms with van der Waals surface area (Å²) < 4.78 is 56.3. The van der Waals surface area contributed by atoms with Crippen LogP contribution in [0.1, 0.15) is 10.4 Å². The Morgan fingerprint density at radius 2 is 1.11 bits per heavy atom. The molecule has 3 N–H and O–H groups in total. The third-order valence-corrected chi connectivity index (χ3v) is 9.69. The Labute approximate surface area is 290 Å². The molecular weight excluding hydrogens is 732 g/mol. The fourth-order valence-electron chi connectivity index (χ4n) is 4.66. The minimum atomic E-state index is -5.29. The van der Waals surface area contributed by atoms with Gasteiger partial charge in [-0.1, -0.05) is 121 Å². The number of benzene rings is 5. The maximum Gasteiger partial charge on any atom is 0.455 e. The number of rotatable bonds is 4. The molecule has 1 heterocycles. The summed E-state index contributed by atoms with van der Waals surface area (Å²) in [5, 5.41) is 13.6. The molecule has 44 heavy (non-hydrogen) atoms. The molecule has 0 fully saturated rings. The van der Waals surface area contributed by atoms with Crippen molar-refractivity contribution in [2.75, 3.05) is 0 Å². The van der Waals surface area contributed by atoms with Crippen LogP contribution in [-0.2, 0) is 4.57 Å². The largest absolute Gasteiger partial charge is 0.506 e. The van der Waals surface area contributed by atoms with Crippen LogP contribution in [0.3, 0.4) is 0 Å². The van der Waals surface area contributed by atoms with Gasteiger partial charge in [-0.15, -0.1) is 0 Å². The fraction of sp³-hybridized carbons (Fsp3) is 0.0303. The summed E-state index contributed by atoms with van der Waals surface area (Å²) in [5.41, 5.74) is -3.03. The maximum absolute atomic E-state index is 13.8. The van der Waals surface area contributed by atoms with Crippen LogP contribution < -0.4 is 21.5 Å². The van der Waals surface area contributed by atoms with E-state index in [1.165, 1.54) is 6.07 Å². The third-order valence-electron chi connectivity index (χ3n) is 6.62. The molecule has 6 aromatic rings. The van der Waals surface area contributed by atoms with Crippen LogP contribution in [0.2, 0.25) is 0 Å². The van der Waals surface area contributed by atoms with Crippen molar-refractivity contribution in [1.82, 2.24) is 0 Å². The average Bonchev–Trinajstić information content (AvgIpc) is 3.01. The number of Topliss-reactive ketones (excluding diaryl/α,β-unsaturated/α-hetero) is 1. The van der Waals surface area contributed by atoms with Gasteiger partial charge in [-0.2, -0.15) is 13.2 Å². The molecule has 11 heteroatoms. The van der Waals surface area contributed by atoms with Crippen LogP contribution >= 0.6 is 7.14 Å². The zero-order chi connectivity index (χ0) is 29.9. The van der Waals surface area contributed by atoms with E-state index in [1.54, 1.807) is 30.3 Å². The number of carbonyl (C=O) groups is 1. The normalized spacial score (nSPS) is 11.1. The average molecular weight is 756 g/mol. The molecule has 5 aromatic carbocycles. The number of hydrogen-bond donors (Lipinski definition) is 1. The summed E-state index contributed by atoms with van der Waals surface area (Å²) in [4.78, 5) is 23.0. The number of fused-ring (bicyclic) bond motifs is 3. The molecule has 1 radical (unpaired) electrons. The second-order valence-corrected chi connectivity index (χ2v) is 12.0. The van der Waals surface area contributed by atoms with Crippen LogP contribution in [0.5, 0.6) is 5.75 Å².